The lowest BCUT2D eigenvalue weighted by Gasteiger charge is -2.10. The summed E-state index contributed by atoms with van der Waals surface area (Å²) in [6.45, 7) is 2.30. The van der Waals surface area contributed by atoms with Crippen molar-refractivity contribution < 1.29 is 14.3 Å². The van der Waals surface area contributed by atoms with Crippen LogP contribution in [0.25, 0.3) is 0 Å². The molecule has 2 aromatic rings. The van der Waals surface area contributed by atoms with Crippen LogP contribution in [0.2, 0.25) is 0 Å². The summed E-state index contributed by atoms with van der Waals surface area (Å²) in [6.07, 6.45) is 1.87. The fourth-order valence-electron chi connectivity index (χ4n) is 2.16. The SMILES string of the molecule is CCCCNC(=O)COC(=O)c1ccccc1Sc1ccccc1C#N. The maximum absolute atomic E-state index is 12.4. The second-order valence-electron chi connectivity index (χ2n) is 5.49. The Hall–Kier alpha value is -2.78. The molecule has 26 heavy (non-hydrogen) atoms. The summed E-state index contributed by atoms with van der Waals surface area (Å²) in [7, 11) is 0. The first-order chi connectivity index (χ1) is 12.7. The van der Waals surface area contributed by atoms with Gasteiger partial charge >= 0.3 is 5.97 Å². The van der Waals surface area contributed by atoms with Gasteiger partial charge in [-0.05, 0) is 30.7 Å². The standard InChI is InChI=1S/C20H20N2O3S/c1-2-3-12-22-19(23)14-25-20(24)16-9-5-7-11-18(16)26-17-10-6-4-8-15(17)13-21/h4-11H,2-3,12,14H2,1H3,(H,22,23). The molecular weight excluding hydrogens is 348 g/mol. The Bertz CT molecular complexity index is 815. The fraction of sp³-hybridized carbons (Fsp3) is 0.250. The molecule has 0 saturated carbocycles. The summed E-state index contributed by atoms with van der Waals surface area (Å²) in [6, 6.07) is 16.3. The molecule has 0 atom stereocenters. The van der Waals surface area contributed by atoms with Gasteiger partial charge in [0.25, 0.3) is 5.91 Å². The van der Waals surface area contributed by atoms with Crippen LogP contribution >= 0.6 is 11.8 Å². The summed E-state index contributed by atoms with van der Waals surface area (Å²) in [5.74, 6) is -0.875. The summed E-state index contributed by atoms with van der Waals surface area (Å²) >= 11 is 1.32. The number of amides is 1. The molecule has 0 aliphatic rings. The van der Waals surface area contributed by atoms with Crippen molar-refractivity contribution in [3.05, 3.63) is 59.7 Å². The minimum Gasteiger partial charge on any atom is -0.452 e. The van der Waals surface area contributed by atoms with Crippen molar-refractivity contribution in [3.8, 4) is 6.07 Å². The van der Waals surface area contributed by atoms with E-state index in [0.717, 1.165) is 17.7 Å². The van der Waals surface area contributed by atoms with Crippen LogP contribution in [0.1, 0.15) is 35.7 Å². The Balaban J connectivity index is 2.05. The molecule has 2 aromatic carbocycles. The summed E-state index contributed by atoms with van der Waals surface area (Å²) in [5.41, 5.74) is 0.905. The van der Waals surface area contributed by atoms with E-state index in [-0.39, 0.29) is 12.5 Å². The molecular formula is C20H20N2O3S. The Morgan fingerprint density at radius 1 is 1.12 bits per heavy atom. The Kier molecular flexibility index (Phi) is 7.72. The molecule has 5 nitrogen and oxygen atoms in total. The third-order valence-corrected chi connectivity index (χ3v) is 4.67. The summed E-state index contributed by atoms with van der Waals surface area (Å²) in [5, 5.41) is 11.9. The number of nitriles is 1. The van der Waals surface area contributed by atoms with Crippen molar-refractivity contribution in [1.82, 2.24) is 5.32 Å². The maximum atomic E-state index is 12.4. The lowest BCUT2D eigenvalue weighted by atomic mass is 10.2. The van der Waals surface area contributed by atoms with Gasteiger partial charge in [0.2, 0.25) is 0 Å². The van der Waals surface area contributed by atoms with Crippen LogP contribution in [0, 0.1) is 11.3 Å². The number of ether oxygens (including phenoxy) is 1. The first kappa shape index (κ1) is 19.5. The highest BCUT2D eigenvalue weighted by Crippen LogP contribution is 2.32. The molecule has 1 amide bonds. The number of carbonyl (C=O) groups is 2. The molecule has 0 unspecified atom stereocenters. The molecule has 0 aromatic heterocycles. The second kappa shape index (κ2) is 10.3. The average molecular weight is 368 g/mol. The van der Waals surface area contributed by atoms with Gasteiger partial charge in [-0.1, -0.05) is 49.4 Å². The number of hydrogen-bond acceptors (Lipinski definition) is 5. The molecule has 6 heteroatoms. The van der Waals surface area contributed by atoms with Gasteiger partial charge < -0.3 is 10.1 Å². The van der Waals surface area contributed by atoms with Gasteiger partial charge in [0.15, 0.2) is 6.61 Å². The van der Waals surface area contributed by atoms with Crippen LogP contribution in [-0.2, 0) is 9.53 Å². The number of esters is 1. The minimum absolute atomic E-state index is 0.309. The van der Waals surface area contributed by atoms with E-state index in [2.05, 4.69) is 11.4 Å². The van der Waals surface area contributed by atoms with Crippen molar-refractivity contribution in [1.29, 1.82) is 5.26 Å². The van der Waals surface area contributed by atoms with Crippen molar-refractivity contribution >= 4 is 23.6 Å². The zero-order valence-electron chi connectivity index (χ0n) is 14.5. The molecule has 2 rings (SSSR count). The largest absolute Gasteiger partial charge is 0.452 e. The topological polar surface area (TPSA) is 79.2 Å². The van der Waals surface area contributed by atoms with E-state index in [1.54, 1.807) is 30.3 Å². The molecule has 1 N–H and O–H groups in total. The number of carbonyl (C=O) groups excluding carboxylic acids is 2. The molecule has 0 heterocycles. The van der Waals surface area contributed by atoms with E-state index >= 15 is 0 Å². The number of nitrogens with zero attached hydrogens (tertiary/aromatic N) is 1. The van der Waals surface area contributed by atoms with Crippen LogP contribution < -0.4 is 5.32 Å². The molecule has 0 radical (unpaired) electrons. The van der Waals surface area contributed by atoms with Crippen molar-refractivity contribution in [2.24, 2.45) is 0 Å². The van der Waals surface area contributed by atoms with E-state index < -0.39 is 5.97 Å². The predicted molar refractivity (Wildman–Crippen MR) is 99.9 cm³/mol. The zero-order chi connectivity index (χ0) is 18.8. The van der Waals surface area contributed by atoms with Gasteiger partial charge in [0.05, 0.1) is 11.1 Å². The van der Waals surface area contributed by atoms with Gasteiger partial charge in [-0.15, -0.1) is 0 Å². The third-order valence-electron chi connectivity index (χ3n) is 3.52. The van der Waals surface area contributed by atoms with Gasteiger partial charge in [0, 0.05) is 16.3 Å². The number of rotatable bonds is 8. The van der Waals surface area contributed by atoms with Gasteiger partial charge in [-0.3, -0.25) is 4.79 Å². The maximum Gasteiger partial charge on any atom is 0.339 e. The molecule has 0 aliphatic carbocycles. The van der Waals surface area contributed by atoms with Crippen LogP contribution in [0.3, 0.4) is 0 Å². The van der Waals surface area contributed by atoms with Crippen molar-refractivity contribution in [2.75, 3.05) is 13.2 Å². The molecule has 0 fully saturated rings. The molecule has 134 valence electrons. The number of unbranched alkanes of at least 4 members (excludes halogenated alkanes) is 1. The van der Waals surface area contributed by atoms with E-state index in [0.29, 0.717) is 22.6 Å². The minimum atomic E-state index is -0.562. The monoisotopic (exact) mass is 368 g/mol. The zero-order valence-corrected chi connectivity index (χ0v) is 15.3. The first-order valence-electron chi connectivity index (χ1n) is 8.35. The van der Waals surface area contributed by atoms with Crippen LogP contribution in [0.15, 0.2) is 58.3 Å². The predicted octanol–water partition coefficient (Wildman–Crippen LogP) is 3.78. The van der Waals surface area contributed by atoms with Crippen molar-refractivity contribution in [3.63, 3.8) is 0 Å². The van der Waals surface area contributed by atoms with Crippen LogP contribution in [0.4, 0.5) is 0 Å². The number of benzene rings is 2. The lowest BCUT2D eigenvalue weighted by molar-refractivity contribution is -0.124. The summed E-state index contributed by atoms with van der Waals surface area (Å²) < 4.78 is 5.13. The van der Waals surface area contributed by atoms with Gasteiger partial charge in [0.1, 0.15) is 6.07 Å². The van der Waals surface area contributed by atoms with E-state index in [4.69, 9.17) is 4.74 Å². The van der Waals surface area contributed by atoms with E-state index in [1.165, 1.54) is 11.8 Å². The van der Waals surface area contributed by atoms with Gasteiger partial charge in [-0.25, -0.2) is 4.79 Å². The highest BCUT2D eigenvalue weighted by atomic mass is 32.2. The van der Waals surface area contributed by atoms with E-state index in [9.17, 15) is 14.9 Å². The number of nitrogens with one attached hydrogen (secondary N) is 1. The quantitative estimate of drug-likeness (QED) is 0.566. The average Bonchev–Trinajstić information content (AvgIpc) is 2.67. The summed E-state index contributed by atoms with van der Waals surface area (Å²) in [4.78, 5) is 25.5. The second-order valence-corrected chi connectivity index (χ2v) is 6.57. The van der Waals surface area contributed by atoms with E-state index in [1.807, 2.05) is 25.1 Å². The highest BCUT2D eigenvalue weighted by Gasteiger charge is 2.16. The molecule has 0 saturated heterocycles. The molecule has 0 spiro atoms. The smallest absolute Gasteiger partial charge is 0.339 e. The van der Waals surface area contributed by atoms with Gasteiger partial charge in [-0.2, -0.15) is 5.26 Å². The number of hydrogen-bond donors (Lipinski definition) is 1. The Morgan fingerprint density at radius 3 is 2.54 bits per heavy atom. The lowest BCUT2D eigenvalue weighted by Crippen LogP contribution is -2.29. The third kappa shape index (κ3) is 5.64. The Labute approximate surface area is 157 Å². The van der Waals surface area contributed by atoms with Crippen LogP contribution in [0.5, 0.6) is 0 Å². The molecule has 0 aliphatic heterocycles. The normalized spacial score (nSPS) is 10.0. The Morgan fingerprint density at radius 2 is 1.81 bits per heavy atom. The fourth-order valence-corrected chi connectivity index (χ4v) is 3.17. The highest BCUT2D eigenvalue weighted by molar-refractivity contribution is 7.99. The molecule has 0 bridgehead atoms. The van der Waals surface area contributed by atoms with Crippen LogP contribution in [-0.4, -0.2) is 25.0 Å². The van der Waals surface area contributed by atoms with Crippen molar-refractivity contribution in [2.45, 2.75) is 29.6 Å². The first-order valence-corrected chi connectivity index (χ1v) is 9.17.